The van der Waals surface area contributed by atoms with Crippen molar-refractivity contribution in [2.45, 2.75) is 37.6 Å². The number of hydrogen-bond donors (Lipinski definition) is 3. The molecule has 1 heterocycles. The Kier molecular flexibility index (Phi) is 5.88. The first-order valence-corrected chi connectivity index (χ1v) is 11.8. The number of methoxy groups -OCH3 is 1. The van der Waals surface area contributed by atoms with Crippen LogP contribution in [-0.2, 0) is 16.6 Å². The summed E-state index contributed by atoms with van der Waals surface area (Å²) in [5, 5.41) is 13.9. The molecule has 1 amide bonds. The van der Waals surface area contributed by atoms with Crippen LogP contribution >= 0.6 is 0 Å². The molecule has 0 saturated heterocycles. The summed E-state index contributed by atoms with van der Waals surface area (Å²) in [4.78, 5) is 17.1. The van der Waals surface area contributed by atoms with Gasteiger partial charge in [-0.2, -0.15) is 0 Å². The Morgan fingerprint density at radius 1 is 1.12 bits per heavy atom. The van der Waals surface area contributed by atoms with Crippen LogP contribution in [0.2, 0.25) is 0 Å². The summed E-state index contributed by atoms with van der Waals surface area (Å²) in [5.41, 5.74) is 5.80. The normalized spacial score (nSPS) is 15.1. The molecule has 5 rings (SSSR count). The third kappa shape index (κ3) is 3.97. The van der Waals surface area contributed by atoms with Gasteiger partial charge in [-0.1, -0.05) is 42.5 Å². The van der Waals surface area contributed by atoms with Crippen molar-refractivity contribution in [3.8, 4) is 5.75 Å². The number of rotatable bonds is 8. The number of H-pyrrole nitrogens is 1. The van der Waals surface area contributed by atoms with E-state index in [1.54, 1.807) is 7.11 Å². The Labute approximate surface area is 199 Å². The van der Waals surface area contributed by atoms with E-state index in [0.29, 0.717) is 6.42 Å². The summed E-state index contributed by atoms with van der Waals surface area (Å²) in [6.07, 6.45) is 4.19. The SMILES string of the molecule is COc1ccc(C(NC(=O)C2(c3ccc4[nH]cc(CCO)c4c3)CC2)c2ccccc2)c(C)c1. The van der Waals surface area contributed by atoms with Gasteiger partial charge in [0.05, 0.1) is 18.6 Å². The molecule has 5 nitrogen and oxygen atoms in total. The minimum Gasteiger partial charge on any atom is -0.497 e. The predicted octanol–water partition coefficient (Wildman–Crippen LogP) is 4.96. The lowest BCUT2D eigenvalue weighted by Gasteiger charge is -2.25. The first-order chi connectivity index (χ1) is 16.6. The number of aromatic nitrogens is 1. The summed E-state index contributed by atoms with van der Waals surface area (Å²) in [7, 11) is 1.66. The topological polar surface area (TPSA) is 74.3 Å². The van der Waals surface area contributed by atoms with Gasteiger partial charge >= 0.3 is 0 Å². The lowest BCUT2D eigenvalue weighted by atomic mass is 9.90. The van der Waals surface area contributed by atoms with E-state index < -0.39 is 5.41 Å². The van der Waals surface area contributed by atoms with Crippen molar-refractivity contribution < 1.29 is 14.6 Å². The molecule has 1 fully saturated rings. The third-order valence-electron chi connectivity index (χ3n) is 7.08. The smallest absolute Gasteiger partial charge is 0.231 e. The molecular formula is C29H30N2O3. The lowest BCUT2D eigenvalue weighted by molar-refractivity contribution is -0.124. The number of aryl methyl sites for hydroxylation is 1. The van der Waals surface area contributed by atoms with Gasteiger partial charge in [0.15, 0.2) is 0 Å². The van der Waals surface area contributed by atoms with E-state index in [1.165, 1.54) is 0 Å². The molecule has 1 unspecified atom stereocenters. The zero-order valence-electron chi connectivity index (χ0n) is 19.6. The molecule has 1 aliphatic carbocycles. The van der Waals surface area contributed by atoms with Crippen molar-refractivity contribution >= 4 is 16.8 Å². The number of carbonyl (C=O) groups is 1. The predicted molar refractivity (Wildman–Crippen MR) is 134 cm³/mol. The maximum atomic E-state index is 13.8. The average molecular weight is 455 g/mol. The number of aliphatic hydroxyl groups is 1. The van der Waals surface area contributed by atoms with Crippen LogP contribution in [0.1, 0.15) is 46.7 Å². The number of aliphatic hydroxyl groups excluding tert-OH is 1. The van der Waals surface area contributed by atoms with Crippen molar-refractivity contribution in [3.05, 3.63) is 101 Å². The number of hydrogen-bond acceptors (Lipinski definition) is 3. The summed E-state index contributed by atoms with van der Waals surface area (Å²) in [5.74, 6) is 0.853. The van der Waals surface area contributed by atoms with E-state index in [2.05, 4.69) is 41.5 Å². The van der Waals surface area contributed by atoms with Crippen LogP contribution in [0, 0.1) is 6.92 Å². The monoisotopic (exact) mass is 454 g/mol. The second-order valence-electron chi connectivity index (χ2n) is 9.17. The number of benzene rings is 3. The Morgan fingerprint density at radius 2 is 1.91 bits per heavy atom. The second kappa shape index (κ2) is 8.99. The molecule has 0 spiro atoms. The van der Waals surface area contributed by atoms with Gasteiger partial charge < -0.3 is 20.1 Å². The zero-order valence-corrected chi connectivity index (χ0v) is 19.6. The fraction of sp³-hybridized carbons (Fsp3) is 0.276. The molecule has 3 N–H and O–H groups in total. The molecule has 0 radical (unpaired) electrons. The van der Waals surface area contributed by atoms with Gasteiger partial charge in [-0.05, 0) is 78.3 Å². The number of ether oxygens (including phenoxy) is 1. The maximum Gasteiger partial charge on any atom is 0.231 e. The van der Waals surface area contributed by atoms with E-state index in [0.717, 1.165) is 57.3 Å². The molecule has 1 aliphatic rings. The lowest BCUT2D eigenvalue weighted by Crippen LogP contribution is -2.38. The van der Waals surface area contributed by atoms with Crippen LogP contribution in [0.4, 0.5) is 0 Å². The van der Waals surface area contributed by atoms with E-state index in [1.807, 2.05) is 48.7 Å². The molecule has 5 heteroatoms. The Hall–Kier alpha value is -3.57. The van der Waals surface area contributed by atoms with Crippen molar-refractivity contribution in [2.24, 2.45) is 0 Å². The molecule has 0 bridgehead atoms. The summed E-state index contributed by atoms with van der Waals surface area (Å²) in [6.45, 7) is 2.15. The molecule has 34 heavy (non-hydrogen) atoms. The standard InChI is InChI=1S/C29H30N2O3/c1-19-16-23(34-2)9-10-24(19)27(20-6-4-3-5-7-20)31-28(33)29(13-14-29)22-8-11-26-25(17-22)21(12-15-32)18-30-26/h3-11,16-18,27,30,32H,12-15H2,1-2H3,(H,31,33). The minimum atomic E-state index is -0.519. The number of amides is 1. The van der Waals surface area contributed by atoms with Gasteiger partial charge in [0.25, 0.3) is 0 Å². The van der Waals surface area contributed by atoms with Crippen LogP contribution in [0.15, 0.2) is 72.9 Å². The van der Waals surface area contributed by atoms with Gasteiger partial charge in [-0.15, -0.1) is 0 Å². The number of carbonyl (C=O) groups excluding carboxylic acids is 1. The first kappa shape index (κ1) is 22.2. The maximum absolute atomic E-state index is 13.8. The van der Waals surface area contributed by atoms with E-state index >= 15 is 0 Å². The molecular weight excluding hydrogens is 424 g/mol. The van der Waals surface area contributed by atoms with Crippen molar-refractivity contribution in [1.29, 1.82) is 0 Å². The van der Waals surface area contributed by atoms with Gasteiger partial charge in [0.1, 0.15) is 5.75 Å². The van der Waals surface area contributed by atoms with E-state index in [4.69, 9.17) is 4.74 Å². The van der Waals surface area contributed by atoms with Crippen molar-refractivity contribution in [2.75, 3.05) is 13.7 Å². The Morgan fingerprint density at radius 3 is 2.59 bits per heavy atom. The van der Waals surface area contributed by atoms with Crippen LogP contribution < -0.4 is 10.1 Å². The fourth-order valence-corrected chi connectivity index (χ4v) is 4.93. The molecule has 4 aromatic rings. The van der Waals surface area contributed by atoms with E-state index in [9.17, 15) is 9.90 Å². The zero-order chi connectivity index (χ0) is 23.7. The highest BCUT2D eigenvalue weighted by atomic mass is 16.5. The molecule has 1 aromatic heterocycles. The summed E-state index contributed by atoms with van der Waals surface area (Å²) >= 11 is 0. The highest BCUT2D eigenvalue weighted by Gasteiger charge is 2.51. The first-order valence-electron chi connectivity index (χ1n) is 11.8. The Balaban J connectivity index is 1.49. The highest BCUT2D eigenvalue weighted by molar-refractivity contribution is 5.94. The largest absolute Gasteiger partial charge is 0.497 e. The van der Waals surface area contributed by atoms with Crippen LogP contribution in [0.5, 0.6) is 5.75 Å². The van der Waals surface area contributed by atoms with Gasteiger partial charge in [-0.3, -0.25) is 4.79 Å². The molecule has 3 aromatic carbocycles. The number of nitrogens with one attached hydrogen (secondary N) is 2. The fourth-order valence-electron chi connectivity index (χ4n) is 4.93. The highest BCUT2D eigenvalue weighted by Crippen LogP contribution is 2.49. The molecule has 1 atom stereocenters. The number of fused-ring (bicyclic) bond motifs is 1. The van der Waals surface area contributed by atoms with Crippen LogP contribution in [-0.4, -0.2) is 29.7 Å². The minimum absolute atomic E-state index is 0.0511. The second-order valence-corrected chi connectivity index (χ2v) is 9.17. The van der Waals surface area contributed by atoms with E-state index in [-0.39, 0.29) is 18.6 Å². The third-order valence-corrected chi connectivity index (χ3v) is 7.08. The number of aromatic amines is 1. The average Bonchev–Trinajstić information content (AvgIpc) is 3.59. The Bertz CT molecular complexity index is 1320. The molecule has 174 valence electrons. The summed E-state index contributed by atoms with van der Waals surface area (Å²) in [6, 6.07) is 22.1. The van der Waals surface area contributed by atoms with Crippen molar-refractivity contribution in [1.82, 2.24) is 10.3 Å². The van der Waals surface area contributed by atoms with Gasteiger partial charge in [0.2, 0.25) is 5.91 Å². The quantitative estimate of drug-likeness (QED) is 0.352. The summed E-state index contributed by atoms with van der Waals surface area (Å²) < 4.78 is 5.39. The molecule has 0 aliphatic heterocycles. The van der Waals surface area contributed by atoms with Gasteiger partial charge in [0, 0.05) is 23.7 Å². The van der Waals surface area contributed by atoms with Crippen molar-refractivity contribution in [3.63, 3.8) is 0 Å². The van der Waals surface area contributed by atoms with Gasteiger partial charge in [-0.25, -0.2) is 0 Å². The molecule has 1 saturated carbocycles. The van der Waals surface area contributed by atoms with Crippen LogP contribution in [0.25, 0.3) is 10.9 Å². The van der Waals surface area contributed by atoms with Crippen LogP contribution in [0.3, 0.4) is 0 Å².